The molecule has 3 heteroatoms. The molecule has 0 unspecified atom stereocenters. The zero-order valence-electron chi connectivity index (χ0n) is 14.6. The lowest BCUT2D eigenvalue weighted by atomic mass is 9.83. The molecule has 1 saturated carbocycles. The van der Waals surface area contributed by atoms with Crippen molar-refractivity contribution in [1.29, 1.82) is 0 Å². The molecule has 1 aromatic carbocycles. The second-order valence-corrected chi connectivity index (χ2v) is 7.60. The summed E-state index contributed by atoms with van der Waals surface area (Å²) in [7, 11) is 0. The summed E-state index contributed by atoms with van der Waals surface area (Å²) in [5.41, 5.74) is 1.02. The summed E-state index contributed by atoms with van der Waals surface area (Å²) < 4.78 is 0. The van der Waals surface area contributed by atoms with E-state index in [1.807, 2.05) is 19.9 Å². The zero-order valence-corrected chi connectivity index (χ0v) is 14.6. The van der Waals surface area contributed by atoms with Crippen LogP contribution in [0.3, 0.4) is 0 Å². The Morgan fingerprint density at radius 3 is 2.43 bits per heavy atom. The summed E-state index contributed by atoms with van der Waals surface area (Å²) in [5, 5.41) is 12.4. The highest BCUT2D eigenvalue weighted by atomic mass is 16.3. The Morgan fingerprint density at radius 2 is 1.83 bits per heavy atom. The first kappa shape index (κ1) is 18.0. The quantitative estimate of drug-likeness (QED) is 0.805. The Balaban J connectivity index is 1.74. The van der Waals surface area contributed by atoms with Gasteiger partial charge in [-0.05, 0) is 56.4 Å². The largest absolute Gasteiger partial charge is 0.396 e. The number of hydrogen-bond acceptors (Lipinski definition) is 2. The normalized spacial score (nSPS) is 21.9. The van der Waals surface area contributed by atoms with Crippen molar-refractivity contribution in [3.05, 3.63) is 35.9 Å². The molecule has 0 bridgehead atoms. The van der Waals surface area contributed by atoms with Crippen LogP contribution in [-0.2, 0) is 11.2 Å². The van der Waals surface area contributed by atoms with Crippen LogP contribution < -0.4 is 5.32 Å². The van der Waals surface area contributed by atoms with Gasteiger partial charge >= 0.3 is 0 Å². The Morgan fingerprint density at radius 1 is 1.17 bits per heavy atom. The molecule has 1 aliphatic carbocycles. The molecule has 1 aromatic rings. The summed E-state index contributed by atoms with van der Waals surface area (Å²) in [6.07, 6.45) is 7.00. The van der Waals surface area contributed by atoms with Gasteiger partial charge in [-0.2, -0.15) is 0 Å². The Hall–Kier alpha value is -1.35. The third-order valence-electron chi connectivity index (χ3n) is 5.16. The monoisotopic (exact) mass is 317 g/mol. The highest BCUT2D eigenvalue weighted by Gasteiger charge is 2.30. The third kappa shape index (κ3) is 5.65. The van der Waals surface area contributed by atoms with Crippen LogP contribution in [0.15, 0.2) is 30.3 Å². The molecule has 1 fully saturated rings. The lowest BCUT2D eigenvalue weighted by Crippen LogP contribution is -2.44. The Labute approximate surface area is 140 Å². The molecule has 2 rings (SSSR count). The maximum absolute atomic E-state index is 12.6. The van der Waals surface area contributed by atoms with E-state index in [1.165, 1.54) is 5.56 Å². The molecule has 0 heterocycles. The van der Waals surface area contributed by atoms with E-state index in [0.29, 0.717) is 12.0 Å². The summed E-state index contributed by atoms with van der Waals surface area (Å²) in [4.78, 5) is 12.6. The van der Waals surface area contributed by atoms with Gasteiger partial charge in [0.05, 0.1) is 0 Å². The maximum Gasteiger partial charge on any atom is 0.225 e. The van der Waals surface area contributed by atoms with Crippen LogP contribution in [0.5, 0.6) is 0 Å². The van der Waals surface area contributed by atoms with Crippen molar-refractivity contribution in [3.8, 4) is 0 Å². The second kappa shape index (κ2) is 8.49. The summed E-state index contributed by atoms with van der Waals surface area (Å²) in [5.74, 6) is 0.611. The number of aliphatic hydroxyl groups is 1. The van der Waals surface area contributed by atoms with Crippen molar-refractivity contribution >= 4 is 5.91 Å². The van der Waals surface area contributed by atoms with E-state index < -0.39 is 0 Å². The van der Waals surface area contributed by atoms with Gasteiger partial charge in [0.2, 0.25) is 5.91 Å². The molecule has 0 saturated heterocycles. The van der Waals surface area contributed by atoms with Crippen molar-refractivity contribution < 1.29 is 9.90 Å². The van der Waals surface area contributed by atoms with E-state index in [2.05, 4.69) is 29.6 Å². The smallest absolute Gasteiger partial charge is 0.225 e. The van der Waals surface area contributed by atoms with Crippen molar-refractivity contribution in [2.75, 3.05) is 6.61 Å². The van der Waals surface area contributed by atoms with Crippen molar-refractivity contribution in [1.82, 2.24) is 5.32 Å². The molecule has 23 heavy (non-hydrogen) atoms. The van der Waals surface area contributed by atoms with E-state index in [1.54, 1.807) is 0 Å². The number of nitrogens with one attached hydrogen (secondary N) is 1. The zero-order chi connectivity index (χ0) is 16.7. The van der Waals surface area contributed by atoms with Crippen LogP contribution in [0.2, 0.25) is 0 Å². The van der Waals surface area contributed by atoms with Gasteiger partial charge in [0.1, 0.15) is 0 Å². The van der Waals surface area contributed by atoms with Gasteiger partial charge in [-0.15, -0.1) is 0 Å². The van der Waals surface area contributed by atoms with Gasteiger partial charge < -0.3 is 10.4 Å². The number of benzene rings is 1. The molecule has 3 nitrogen and oxygen atoms in total. The number of hydrogen-bond donors (Lipinski definition) is 2. The molecule has 0 aliphatic heterocycles. The van der Waals surface area contributed by atoms with Gasteiger partial charge in [0.25, 0.3) is 0 Å². The molecule has 1 amide bonds. The van der Waals surface area contributed by atoms with Crippen LogP contribution in [0.1, 0.15) is 57.9 Å². The van der Waals surface area contributed by atoms with Crippen LogP contribution >= 0.6 is 0 Å². The number of aliphatic hydroxyl groups excluding tert-OH is 1. The molecule has 0 radical (unpaired) electrons. The van der Waals surface area contributed by atoms with Crippen LogP contribution in [0.25, 0.3) is 0 Å². The van der Waals surface area contributed by atoms with Gasteiger partial charge in [0, 0.05) is 18.1 Å². The topological polar surface area (TPSA) is 49.3 Å². The van der Waals surface area contributed by atoms with Crippen LogP contribution in [0, 0.1) is 11.3 Å². The fourth-order valence-electron chi connectivity index (χ4n) is 3.36. The fraction of sp³-hybridized carbons (Fsp3) is 0.650. The van der Waals surface area contributed by atoms with E-state index in [0.717, 1.165) is 44.9 Å². The van der Waals surface area contributed by atoms with Gasteiger partial charge in [-0.25, -0.2) is 0 Å². The predicted octanol–water partition coefficient (Wildman–Crippen LogP) is 3.70. The first-order valence-corrected chi connectivity index (χ1v) is 8.97. The minimum atomic E-state index is -0.317. The van der Waals surface area contributed by atoms with E-state index in [4.69, 9.17) is 0 Å². The minimum absolute atomic E-state index is 0.179. The average Bonchev–Trinajstić information content (AvgIpc) is 2.56. The average molecular weight is 317 g/mol. The molecule has 0 atom stereocenters. The number of carbonyl (C=O) groups is 1. The summed E-state index contributed by atoms with van der Waals surface area (Å²) >= 11 is 0. The molecule has 1 aliphatic rings. The summed E-state index contributed by atoms with van der Waals surface area (Å²) in [6, 6.07) is 10.7. The van der Waals surface area contributed by atoms with Crippen molar-refractivity contribution in [3.63, 3.8) is 0 Å². The van der Waals surface area contributed by atoms with Crippen LogP contribution in [0.4, 0.5) is 0 Å². The molecule has 0 spiro atoms. The number of amides is 1. The maximum atomic E-state index is 12.6. The number of rotatable bonds is 7. The molecular formula is C20H31NO2. The molecular weight excluding hydrogens is 286 g/mol. The lowest BCUT2D eigenvalue weighted by Gasteiger charge is -2.31. The van der Waals surface area contributed by atoms with Crippen molar-refractivity contribution in [2.24, 2.45) is 11.3 Å². The van der Waals surface area contributed by atoms with E-state index in [9.17, 15) is 9.90 Å². The lowest BCUT2D eigenvalue weighted by molar-refractivity contribution is -0.130. The fourth-order valence-corrected chi connectivity index (χ4v) is 3.36. The Bertz CT molecular complexity index is 476. The first-order valence-electron chi connectivity index (χ1n) is 8.97. The van der Waals surface area contributed by atoms with Crippen molar-refractivity contribution in [2.45, 2.75) is 64.8 Å². The van der Waals surface area contributed by atoms with Gasteiger partial charge in [0.15, 0.2) is 0 Å². The van der Waals surface area contributed by atoms with E-state index in [-0.39, 0.29) is 17.9 Å². The Kier molecular flexibility index (Phi) is 6.64. The SMILES string of the molecule is CC(C)(CCCc1ccccc1)C(=O)NC1CCC(CO)CC1. The minimum Gasteiger partial charge on any atom is -0.396 e. The number of aryl methyl sites for hydroxylation is 1. The molecule has 0 aromatic heterocycles. The molecule has 128 valence electrons. The third-order valence-corrected chi connectivity index (χ3v) is 5.16. The first-order chi connectivity index (χ1) is 11.0. The molecule has 2 N–H and O–H groups in total. The second-order valence-electron chi connectivity index (χ2n) is 7.60. The highest BCUT2D eigenvalue weighted by molar-refractivity contribution is 5.82. The van der Waals surface area contributed by atoms with E-state index >= 15 is 0 Å². The predicted molar refractivity (Wildman–Crippen MR) is 94.1 cm³/mol. The van der Waals surface area contributed by atoms with Gasteiger partial charge in [-0.1, -0.05) is 44.2 Å². The summed E-state index contributed by atoms with van der Waals surface area (Å²) in [6.45, 7) is 4.38. The highest BCUT2D eigenvalue weighted by Crippen LogP contribution is 2.27. The number of carbonyl (C=O) groups excluding carboxylic acids is 1. The standard InChI is InChI=1S/C20H31NO2/c1-20(2,14-6-9-16-7-4-3-5-8-16)19(23)21-18-12-10-17(15-22)11-13-18/h3-5,7-8,17-18,22H,6,9-15H2,1-2H3,(H,21,23). The van der Waals surface area contributed by atoms with Gasteiger partial charge in [-0.3, -0.25) is 4.79 Å². The van der Waals surface area contributed by atoms with Crippen LogP contribution in [-0.4, -0.2) is 23.7 Å².